The Morgan fingerprint density at radius 2 is 2.11 bits per heavy atom. The van der Waals surface area contributed by atoms with E-state index in [0.29, 0.717) is 22.9 Å². The van der Waals surface area contributed by atoms with Crippen LogP contribution in [0.2, 0.25) is 5.02 Å². The smallest absolute Gasteiger partial charge is 0.262 e. The molecule has 3 nitrogen and oxygen atoms in total. The molecule has 2 N–H and O–H groups in total. The lowest BCUT2D eigenvalue weighted by Crippen LogP contribution is -2.23. The van der Waals surface area contributed by atoms with E-state index < -0.39 is 0 Å². The first kappa shape index (κ1) is 13.3. The molecule has 0 aliphatic rings. The molecule has 1 aromatic carbocycles. The van der Waals surface area contributed by atoms with Crippen molar-refractivity contribution in [3.63, 3.8) is 0 Å². The van der Waals surface area contributed by atoms with Crippen molar-refractivity contribution < 1.29 is 9.90 Å². The predicted molar refractivity (Wildman–Crippen MR) is 75.5 cm³/mol. The first-order chi connectivity index (χ1) is 8.74. The Hall–Kier alpha value is -1.10. The van der Waals surface area contributed by atoms with Gasteiger partial charge in [-0.05, 0) is 18.9 Å². The number of amides is 1. The normalized spacial score (nSPS) is 10.8. The summed E-state index contributed by atoms with van der Waals surface area (Å²) in [5, 5.41) is 12.9. The fraction of sp³-hybridized carbons (Fsp3) is 0.308. The number of aliphatic hydroxyl groups excluding tert-OH is 1. The lowest BCUT2D eigenvalue weighted by molar-refractivity contribution is 0.0956. The predicted octanol–water partition coefficient (Wildman–Crippen LogP) is 3.06. The van der Waals surface area contributed by atoms with Gasteiger partial charge in [-0.15, -0.1) is 11.3 Å². The van der Waals surface area contributed by atoms with E-state index in [1.54, 1.807) is 0 Å². The first-order valence-corrected chi connectivity index (χ1v) is 6.99. The summed E-state index contributed by atoms with van der Waals surface area (Å²) in [5.41, 5.74) is 0. The molecule has 0 unspecified atom stereocenters. The molecule has 0 atom stereocenters. The van der Waals surface area contributed by atoms with Gasteiger partial charge in [0.15, 0.2) is 0 Å². The van der Waals surface area contributed by atoms with E-state index >= 15 is 0 Å². The van der Waals surface area contributed by atoms with Crippen molar-refractivity contribution in [1.29, 1.82) is 0 Å². The number of carbonyl (C=O) groups excluding carboxylic acids is 1. The van der Waals surface area contributed by atoms with Gasteiger partial charge in [0.2, 0.25) is 0 Å². The molecule has 5 heteroatoms. The van der Waals surface area contributed by atoms with Crippen LogP contribution in [0.25, 0.3) is 10.1 Å². The van der Waals surface area contributed by atoms with Gasteiger partial charge in [0.1, 0.15) is 4.88 Å². The summed E-state index contributed by atoms with van der Waals surface area (Å²) < 4.78 is 1.02. The molecular weight excluding hydrogens is 270 g/mol. The summed E-state index contributed by atoms with van der Waals surface area (Å²) >= 11 is 7.60. The Bertz CT molecular complexity index is 553. The number of unbranched alkanes of at least 4 members (excludes halogenated alkanes) is 1. The van der Waals surface area contributed by atoms with Crippen LogP contribution in [0.4, 0.5) is 0 Å². The third-order valence-electron chi connectivity index (χ3n) is 2.61. The molecule has 0 saturated heterocycles. The van der Waals surface area contributed by atoms with Crippen molar-refractivity contribution in [1.82, 2.24) is 5.32 Å². The van der Waals surface area contributed by atoms with Gasteiger partial charge in [0.25, 0.3) is 5.91 Å². The molecule has 0 spiro atoms. The first-order valence-electron chi connectivity index (χ1n) is 5.80. The highest BCUT2D eigenvalue weighted by molar-refractivity contribution is 7.21. The van der Waals surface area contributed by atoms with E-state index in [9.17, 15) is 4.79 Å². The number of halogens is 1. The second-order valence-electron chi connectivity index (χ2n) is 3.93. The minimum absolute atomic E-state index is 0.140. The third-order valence-corrected chi connectivity index (χ3v) is 4.29. The number of nitrogens with one attached hydrogen (secondary N) is 1. The summed E-state index contributed by atoms with van der Waals surface area (Å²) in [4.78, 5) is 12.5. The Kier molecular flexibility index (Phi) is 4.58. The molecule has 96 valence electrons. The molecule has 0 fully saturated rings. The van der Waals surface area contributed by atoms with Crippen LogP contribution in [-0.2, 0) is 0 Å². The topological polar surface area (TPSA) is 49.3 Å². The maximum atomic E-state index is 12.0. The lowest BCUT2D eigenvalue weighted by Gasteiger charge is -2.02. The Balaban J connectivity index is 2.10. The summed E-state index contributed by atoms with van der Waals surface area (Å²) in [6.45, 7) is 0.712. The van der Waals surface area contributed by atoms with Crippen LogP contribution in [0.3, 0.4) is 0 Å². The maximum absolute atomic E-state index is 12.0. The minimum Gasteiger partial charge on any atom is -0.396 e. The number of aliphatic hydroxyl groups is 1. The van der Waals surface area contributed by atoms with Crippen molar-refractivity contribution in [3.05, 3.63) is 34.2 Å². The van der Waals surface area contributed by atoms with E-state index in [1.165, 1.54) is 11.3 Å². The van der Waals surface area contributed by atoms with Crippen LogP contribution in [-0.4, -0.2) is 24.2 Å². The van der Waals surface area contributed by atoms with Crippen molar-refractivity contribution in [2.75, 3.05) is 13.2 Å². The molecule has 0 radical (unpaired) electrons. The highest BCUT2D eigenvalue weighted by atomic mass is 35.5. The zero-order valence-corrected chi connectivity index (χ0v) is 11.4. The average molecular weight is 284 g/mol. The summed E-state index contributed by atoms with van der Waals surface area (Å²) in [7, 11) is 0. The van der Waals surface area contributed by atoms with Crippen molar-refractivity contribution >= 4 is 38.9 Å². The molecule has 18 heavy (non-hydrogen) atoms. The van der Waals surface area contributed by atoms with Gasteiger partial charge in [-0.2, -0.15) is 0 Å². The number of hydrogen-bond donors (Lipinski definition) is 2. The summed E-state index contributed by atoms with van der Waals surface area (Å²) in [5.74, 6) is -0.140. The molecular formula is C13H14ClNO2S. The van der Waals surface area contributed by atoms with E-state index in [2.05, 4.69) is 5.32 Å². The lowest BCUT2D eigenvalue weighted by atomic mass is 10.2. The van der Waals surface area contributed by atoms with E-state index in [4.69, 9.17) is 16.7 Å². The highest BCUT2D eigenvalue weighted by Crippen LogP contribution is 2.34. The van der Waals surface area contributed by atoms with Crippen LogP contribution in [0.1, 0.15) is 22.5 Å². The Morgan fingerprint density at radius 1 is 1.33 bits per heavy atom. The van der Waals surface area contributed by atoms with Crippen molar-refractivity contribution in [2.45, 2.75) is 12.8 Å². The zero-order valence-electron chi connectivity index (χ0n) is 9.78. The largest absolute Gasteiger partial charge is 0.396 e. The van der Waals surface area contributed by atoms with Gasteiger partial charge in [0, 0.05) is 23.2 Å². The number of hydrogen-bond acceptors (Lipinski definition) is 3. The number of rotatable bonds is 5. The van der Waals surface area contributed by atoms with Crippen molar-refractivity contribution in [3.8, 4) is 0 Å². The quantitative estimate of drug-likeness (QED) is 0.829. The van der Waals surface area contributed by atoms with Gasteiger partial charge in [-0.3, -0.25) is 4.79 Å². The van der Waals surface area contributed by atoms with E-state index in [-0.39, 0.29) is 12.5 Å². The Morgan fingerprint density at radius 3 is 2.83 bits per heavy atom. The Labute approximate surface area is 114 Å². The van der Waals surface area contributed by atoms with Crippen molar-refractivity contribution in [2.24, 2.45) is 0 Å². The van der Waals surface area contributed by atoms with Gasteiger partial charge in [-0.1, -0.05) is 29.8 Å². The molecule has 2 aromatic rings. The maximum Gasteiger partial charge on any atom is 0.262 e. The average Bonchev–Trinajstić information content (AvgIpc) is 2.73. The molecule has 0 saturated carbocycles. The molecule has 1 amide bonds. The van der Waals surface area contributed by atoms with Gasteiger partial charge in [-0.25, -0.2) is 0 Å². The second-order valence-corrected chi connectivity index (χ2v) is 5.36. The SMILES string of the molecule is O=C(NCCCCO)c1sc2ccccc2c1Cl. The molecule has 2 rings (SSSR count). The second kappa shape index (κ2) is 6.18. The van der Waals surface area contributed by atoms with Gasteiger partial charge in [0.05, 0.1) is 5.02 Å². The number of carbonyl (C=O) groups is 1. The number of thiophene rings is 1. The van der Waals surface area contributed by atoms with Gasteiger partial charge >= 0.3 is 0 Å². The number of benzene rings is 1. The standard InChI is InChI=1S/C13H14ClNO2S/c14-11-9-5-1-2-6-10(9)18-12(11)13(17)15-7-3-4-8-16/h1-2,5-6,16H,3-4,7-8H2,(H,15,17). The van der Waals surface area contributed by atoms with E-state index in [1.807, 2.05) is 24.3 Å². The third kappa shape index (κ3) is 2.83. The molecule has 0 aliphatic carbocycles. The summed E-state index contributed by atoms with van der Waals surface area (Å²) in [6, 6.07) is 7.70. The highest BCUT2D eigenvalue weighted by Gasteiger charge is 2.16. The zero-order chi connectivity index (χ0) is 13.0. The van der Waals surface area contributed by atoms with Crippen LogP contribution in [0, 0.1) is 0 Å². The number of fused-ring (bicyclic) bond motifs is 1. The monoisotopic (exact) mass is 283 g/mol. The fourth-order valence-corrected chi connectivity index (χ4v) is 3.11. The molecule has 0 bridgehead atoms. The minimum atomic E-state index is -0.140. The van der Waals surface area contributed by atoms with Crippen LogP contribution in [0.15, 0.2) is 24.3 Å². The summed E-state index contributed by atoms with van der Waals surface area (Å²) in [6.07, 6.45) is 1.46. The van der Waals surface area contributed by atoms with E-state index in [0.717, 1.165) is 16.5 Å². The van der Waals surface area contributed by atoms with Crippen LogP contribution in [0.5, 0.6) is 0 Å². The fourth-order valence-electron chi connectivity index (χ4n) is 1.68. The van der Waals surface area contributed by atoms with Crippen LogP contribution < -0.4 is 5.32 Å². The molecule has 1 aromatic heterocycles. The molecule has 0 aliphatic heterocycles. The van der Waals surface area contributed by atoms with Gasteiger partial charge < -0.3 is 10.4 Å². The van der Waals surface area contributed by atoms with Crippen LogP contribution >= 0.6 is 22.9 Å². The molecule has 1 heterocycles.